The number of ether oxygens (including phenoxy) is 3. The molecule has 0 unspecified atom stereocenters. The number of esters is 1. The summed E-state index contributed by atoms with van der Waals surface area (Å²) in [5, 5.41) is 12.2. The lowest BCUT2D eigenvalue weighted by Crippen LogP contribution is -2.13. The van der Waals surface area contributed by atoms with Crippen LogP contribution in [0.2, 0.25) is 10.0 Å². The molecular weight excluding hydrogens is 431 g/mol. The van der Waals surface area contributed by atoms with Crippen molar-refractivity contribution in [3.63, 3.8) is 0 Å². The second kappa shape index (κ2) is 11.1. The fourth-order valence-electron chi connectivity index (χ4n) is 2.31. The van der Waals surface area contributed by atoms with Gasteiger partial charge in [0.2, 0.25) is 0 Å². The van der Waals surface area contributed by atoms with Crippen molar-refractivity contribution in [1.29, 1.82) is 5.26 Å². The maximum absolute atomic E-state index is 12.4. The van der Waals surface area contributed by atoms with Gasteiger partial charge in [-0.25, -0.2) is 4.79 Å². The van der Waals surface area contributed by atoms with Gasteiger partial charge in [0.1, 0.15) is 17.4 Å². The molecule has 30 heavy (non-hydrogen) atoms. The van der Waals surface area contributed by atoms with Crippen LogP contribution in [0.4, 0.5) is 5.69 Å². The highest BCUT2D eigenvalue weighted by Gasteiger charge is 2.14. The summed E-state index contributed by atoms with van der Waals surface area (Å²) < 4.78 is 15.1. The highest BCUT2D eigenvalue weighted by atomic mass is 35.5. The van der Waals surface area contributed by atoms with Gasteiger partial charge in [0.05, 0.1) is 23.8 Å². The van der Waals surface area contributed by atoms with Crippen LogP contribution in [-0.4, -0.2) is 32.2 Å². The van der Waals surface area contributed by atoms with Crippen molar-refractivity contribution in [2.45, 2.75) is 6.92 Å². The van der Waals surface area contributed by atoms with Gasteiger partial charge in [-0.2, -0.15) is 5.26 Å². The van der Waals surface area contributed by atoms with Gasteiger partial charge in [-0.1, -0.05) is 23.2 Å². The van der Waals surface area contributed by atoms with E-state index in [0.29, 0.717) is 23.6 Å². The first kappa shape index (κ1) is 23.1. The van der Waals surface area contributed by atoms with Gasteiger partial charge in [-0.15, -0.1) is 0 Å². The van der Waals surface area contributed by atoms with Crippen molar-refractivity contribution >= 4 is 46.8 Å². The first-order valence-electron chi connectivity index (χ1n) is 8.72. The number of hydrogen-bond acceptors (Lipinski definition) is 6. The molecule has 0 saturated carbocycles. The van der Waals surface area contributed by atoms with Crippen molar-refractivity contribution in [2.75, 3.05) is 25.6 Å². The largest absolute Gasteiger partial charge is 0.494 e. The summed E-state index contributed by atoms with van der Waals surface area (Å²) in [6.07, 6.45) is 1.34. The minimum Gasteiger partial charge on any atom is -0.494 e. The Morgan fingerprint density at radius 1 is 1.13 bits per heavy atom. The summed E-state index contributed by atoms with van der Waals surface area (Å²) in [5.74, 6) is -0.424. The monoisotopic (exact) mass is 448 g/mol. The van der Waals surface area contributed by atoms with E-state index in [1.807, 2.05) is 13.0 Å². The first-order valence-corrected chi connectivity index (χ1v) is 9.48. The van der Waals surface area contributed by atoms with Crippen LogP contribution in [-0.2, 0) is 14.3 Å². The zero-order chi connectivity index (χ0) is 22.1. The maximum atomic E-state index is 12.4. The van der Waals surface area contributed by atoms with Crippen molar-refractivity contribution in [1.82, 2.24) is 0 Å². The molecule has 1 N–H and O–H groups in total. The highest BCUT2D eigenvalue weighted by molar-refractivity contribution is 6.37. The number of nitriles is 1. The van der Waals surface area contributed by atoms with Crippen LogP contribution in [0.5, 0.6) is 11.5 Å². The number of amides is 1. The second-order valence-corrected chi connectivity index (χ2v) is 6.57. The molecule has 156 valence electrons. The third-order valence-electron chi connectivity index (χ3n) is 3.68. The quantitative estimate of drug-likeness (QED) is 0.362. The summed E-state index contributed by atoms with van der Waals surface area (Å²) in [7, 11) is 1.23. The van der Waals surface area contributed by atoms with Crippen LogP contribution in [0.1, 0.15) is 12.5 Å². The van der Waals surface area contributed by atoms with Gasteiger partial charge in [0.15, 0.2) is 12.4 Å². The Labute approximate surface area is 183 Å². The molecule has 0 atom stereocenters. The van der Waals surface area contributed by atoms with Crippen LogP contribution in [0.25, 0.3) is 6.08 Å². The van der Waals surface area contributed by atoms with Gasteiger partial charge in [-0.05, 0) is 55.0 Å². The van der Waals surface area contributed by atoms with Gasteiger partial charge >= 0.3 is 5.97 Å². The number of methoxy groups -OCH3 is 1. The predicted molar refractivity (Wildman–Crippen MR) is 114 cm³/mol. The van der Waals surface area contributed by atoms with E-state index in [1.54, 1.807) is 24.3 Å². The maximum Gasteiger partial charge on any atom is 0.343 e. The lowest BCUT2D eigenvalue weighted by atomic mass is 10.1. The van der Waals surface area contributed by atoms with Gasteiger partial charge in [-0.3, -0.25) is 4.79 Å². The number of anilines is 1. The molecule has 0 heterocycles. The molecule has 0 aromatic heterocycles. The van der Waals surface area contributed by atoms with E-state index in [0.717, 1.165) is 0 Å². The Hall–Kier alpha value is -3.21. The number of carbonyl (C=O) groups excluding carboxylic acids is 2. The Balaban J connectivity index is 2.17. The standard InChI is InChI=1S/C21H18Cl2N2O5/c1-3-29-16-6-4-15(5-7-16)25-21(27)14(11-24)8-13-9-17(22)20(18(23)10-13)30-12-19(26)28-2/h4-10H,3,12H2,1-2H3,(H,25,27)/b14-8-. The molecule has 0 saturated heterocycles. The molecule has 7 nitrogen and oxygen atoms in total. The number of rotatable bonds is 8. The molecule has 0 spiro atoms. The third-order valence-corrected chi connectivity index (χ3v) is 4.24. The van der Waals surface area contributed by atoms with Gasteiger partial charge in [0.25, 0.3) is 5.91 Å². The van der Waals surface area contributed by atoms with Crippen LogP contribution in [0.3, 0.4) is 0 Å². The minimum atomic E-state index is -0.597. The molecule has 9 heteroatoms. The zero-order valence-electron chi connectivity index (χ0n) is 16.2. The van der Waals surface area contributed by atoms with Gasteiger partial charge in [0, 0.05) is 5.69 Å². The van der Waals surface area contributed by atoms with Crippen molar-refractivity contribution in [3.8, 4) is 17.6 Å². The summed E-state index contributed by atoms with van der Waals surface area (Å²) in [6.45, 7) is 2.04. The molecular formula is C21H18Cl2N2O5. The molecule has 1 amide bonds. The van der Waals surface area contributed by atoms with E-state index < -0.39 is 11.9 Å². The Kier molecular flexibility index (Phi) is 8.54. The molecule has 0 aliphatic carbocycles. The normalized spacial score (nSPS) is 10.7. The summed E-state index contributed by atoms with van der Waals surface area (Å²) in [6, 6.07) is 11.5. The van der Waals surface area contributed by atoms with Crippen molar-refractivity contribution in [3.05, 3.63) is 57.6 Å². The van der Waals surface area contributed by atoms with Crippen LogP contribution in [0.15, 0.2) is 42.0 Å². The summed E-state index contributed by atoms with van der Waals surface area (Å²) >= 11 is 12.3. The number of hydrogen-bond donors (Lipinski definition) is 1. The Morgan fingerprint density at radius 3 is 2.30 bits per heavy atom. The average Bonchev–Trinajstić information content (AvgIpc) is 2.72. The molecule has 0 bridgehead atoms. The third kappa shape index (κ3) is 6.41. The van der Waals surface area contributed by atoms with E-state index in [4.69, 9.17) is 32.7 Å². The average molecular weight is 449 g/mol. The number of nitrogens with zero attached hydrogens (tertiary/aromatic N) is 1. The summed E-state index contributed by atoms with van der Waals surface area (Å²) in [4.78, 5) is 23.6. The molecule has 0 fully saturated rings. The zero-order valence-corrected chi connectivity index (χ0v) is 17.7. The van der Waals surface area contributed by atoms with Crippen molar-refractivity contribution < 1.29 is 23.8 Å². The lowest BCUT2D eigenvalue weighted by molar-refractivity contribution is -0.142. The van der Waals surface area contributed by atoms with Gasteiger partial charge < -0.3 is 19.5 Å². The molecule has 0 aliphatic heterocycles. The molecule has 2 aromatic rings. The smallest absolute Gasteiger partial charge is 0.343 e. The Morgan fingerprint density at radius 2 is 1.77 bits per heavy atom. The fourth-order valence-corrected chi connectivity index (χ4v) is 2.92. The fraction of sp³-hybridized carbons (Fsp3) is 0.190. The summed E-state index contributed by atoms with van der Waals surface area (Å²) in [5.41, 5.74) is 0.764. The molecule has 0 aliphatic rings. The predicted octanol–water partition coefficient (Wildman–Crippen LogP) is 4.49. The molecule has 2 rings (SSSR count). The van der Waals surface area contributed by atoms with E-state index in [9.17, 15) is 14.9 Å². The molecule has 0 radical (unpaired) electrons. The topological polar surface area (TPSA) is 97.6 Å². The first-order chi connectivity index (χ1) is 14.4. The number of nitrogens with one attached hydrogen (secondary N) is 1. The Bertz CT molecular complexity index is 974. The number of benzene rings is 2. The van der Waals surface area contributed by atoms with Crippen LogP contribution in [0, 0.1) is 11.3 Å². The van der Waals surface area contributed by atoms with Crippen LogP contribution < -0.4 is 14.8 Å². The van der Waals surface area contributed by atoms with Crippen LogP contribution >= 0.6 is 23.2 Å². The minimum absolute atomic E-state index is 0.0956. The number of carbonyl (C=O) groups is 2. The number of halogens is 2. The SMILES string of the molecule is CCOc1ccc(NC(=O)/C(C#N)=C\c2cc(Cl)c(OCC(=O)OC)c(Cl)c2)cc1. The highest BCUT2D eigenvalue weighted by Crippen LogP contribution is 2.35. The van der Waals surface area contributed by atoms with Crippen molar-refractivity contribution in [2.24, 2.45) is 0 Å². The molecule has 2 aromatic carbocycles. The van der Waals surface area contributed by atoms with E-state index in [-0.39, 0.29) is 28.0 Å². The lowest BCUT2D eigenvalue weighted by Gasteiger charge is -2.10. The van der Waals surface area contributed by atoms with E-state index in [2.05, 4.69) is 10.1 Å². The second-order valence-electron chi connectivity index (χ2n) is 5.76. The van der Waals surface area contributed by atoms with E-state index >= 15 is 0 Å². The van der Waals surface area contributed by atoms with E-state index in [1.165, 1.54) is 25.3 Å².